The topological polar surface area (TPSA) is 133 Å². The van der Waals surface area contributed by atoms with Crippen molar-refractivity contribution in [2.45, 2.75) is 50.6 Å². The number of carbonyl (C=O) groups is 1. The summed E-state index contributed by atoms with van der Waals surface area (Å²) in [5.74, 6) is 1.38. The Bertz CT molecular complexity index is 1430. The third-order valence-electron chi connectivity index (χ3n) is 7.76. The molecule has 0 aliphatic carbocycles. The fourth-order valence-corrected chi connectivity index (χ4v) is 5.74. The fourth-order valence-electron chi connectivity index (χ4n) is 5.74. The van der Waals surface area contributed by atoms with Crippen LogP contribution in [0.3, 0.4) is 0 Å². The van der Waals surface area contributed by atoms with Gasteiger partial charge in [-0.05, 0) is 61.1 Å². The van der Waals surface area contributed by atoms with E-state index in [0.717, 1.165) is 52.7 Å². The van der Waals surface area contributed by atoms with Gasteiger partial charge in [0.05, 0.1) is 18.0 Å². The number of aliphatic hydroxyl groups excluding tert-OH is 1. The number of ether oxygens (including phenoxy) is 1. The highest BCUT2D eigenvalue weighted by atomic mass is 16.5. The van der Waals surface area contributed by atoms with E-state index in [1.54, 1.807) is 25.6 Å². The van der Waals surface area contributed by atoms with Crippen molar-refractivity contribution < 1.29 is 14.6 Å². The van der Waals surface area contributed by atoms with E-state index < -0.39 is 0 Å². The number of fused-ring (bicyclic) bond motifs is 1. The van der Waals surface area contributed by atoms with Crippen molar-refractivity contribution in [2.24, 2.45) is 5.73 Å². The smallest absolute Gasteiger partial charge is 0.224 e. The van der Waals surface area contributed by atoms with Gasteiger partial charge in [0.25, 0.3) is 0 Å². The number of nitrogens with zero attached hydrogens (tertiary/aromatic N) is 4. The van der Waals surface area contributed by atoms with Crippen LogP contribution in [0.25, 0.3) is 22.0 Å². The number of hydrogen-bond donors (Lipinski definition) is 3. The molecule has 4 aromatic rings. The van der Waals surface area contributed by atoms with Gasteiger partial charge in [-0.3, -0.25) is 4.79 Å². The SMILES string of the molecule is COc1nccc2c1cc([C@@H]1CCCN(C(=O)C[C@H](N)Cc3ccc(-c4ccc(N)nc4)cc3)C1)n2CCCO. The van der Waals surface area contributed by atoms with Gasteiger partial charge in [-0.1, -0.05) is 24.3 Å². The summed E-state index contributed by atoms with van der Waals surface area (Å²) < 4.78 is 7.77. The highest BCUT2D eigenvalue weighted by Gasteiger charge is 2.28. The lowest BCUT2D eigenvalue weighted by molar-refractivity contribution is -0.132. The molecule has 0 unspecified atom stereocenters. The van der Waals surface area contributed by atoms with Crippen molar-refractivity contribution in [1.29, 1.82) is 0 Å². The Morgan fingerprint density at radius 3 is 2.67 bits per heavy atom. The van der Waals surface area contributed by atoms with Crippen LogP contribution in [-0.4, -0.2) is 63.3 Å². The van der Waals surface area contributed by atoms with Crippen LogP contribution in [0.15, 0.2) is 60.9 Å². The molecule has 0 bridgehead atoms. The summed E-state index contributed by atoms with van der Waals surface area (Å²) in [5.41, 5.74) is 17.5. The average molecular weight is 543 g/mol. The molecular formula is C31H38N6O3. The molecule has 1 saturated heterocycles. The van der Waals surface area contributed by atoms with E-state index in [4.69, 9.17) is 16.2 Å². The molecule has 4 heterocycles. The minimum atomic E-state index is -0.261. The van der Waals surface area contributed by atoms with Crippen molar-refractivity contribution in [3.8, 4) is 17.0 Å². The molecule has 5 rings (SSSR count). The number of benzene rings is 1. The number of hydrogen-bond acceptors (Lipinski definition) is 7. The molecule has 210 valence electrons. The normalized spacial score (nSPS) is 16.3. The maximum atomic E-state index is 13.3. The lowest BCUT2D eigenvalue weighted by Crippen LogP contribution is -2.42. The summed E-state index contributed by atoms with van der Waals surface area (Å²) in [6, 6.07) is 15.8. The van der Waals surface area contributed by atoms with Gasteiger partial charge in [-0.25, -0.2) is 9.97 Å². The van der Waals surface area contributed by atoms with Gasteiger partial charge in [0.2, 0.25) is 11.8 Å². The van der Waals surface area contributed by atoms with Crippen molar-refractivity contribution >= 4 is 22.6 Å². The van der Waals surface area contributed by atoms with Crippen molar-refractivity contribution in [3.05, 3.63) is 72.2 Å². The number of amides is 1. The molecule has 1 aromatic carbocycles. The molecule has 9 nitrogen and oxygen atoms in total. The number of rotatable bonds is 10. The maximum Gasteiger partial charge on any atom is 0.224 e. The quantitative estimate of drug-likeness (QED) is 0.278. The summed E-state index contributed by atoms with van der Waals surface area (Å²) in [5, 5.41) is 10.5. The second-order valence-corrected chi connectivity index (χ2v) is 10.6. The number of aliphatic hydroxyl groups is 1. The van der Waals surface area contributed by atoms with E-state index in [9.17, 15) is 9.90 Å². The van der Waals surface area contributed by atoms with E-state index >= 15 is 0 Å². The number of aryl methyl sites for hydroxylation is 1. The zero-order chi connectivity index (χ0) is 28.1. The fraction of sp³-hybridized carbons (Fsp3) is 0.387. The highest BCUT2D eigenvalue weighted by Crippen LogP contribution is 2.35. The van der Waals surface area contributed by atoms with E-state index in [0.29, 0.717) is 44.0 Å². The first-order chi connectivity index (χ1) is 19.5. The first-order valence-electron chi connectivity index (χ1n) is 13.9. The minimum absolute atomic E-state index is 0.0963. The molecule has 0 saturated carbocycles. The number of pyridine rings is 2. The number of likely N-dealkylation sites (tertiary alicyclic amines) is 1. The molecule has 1 aliphatic rings. The third-order valence-corrected chi connectivity index (χ3v) is 7.76. The molecule has 1 amide bonds. The first-order valence-corrected chi connectivity index (χ1v) is 13.9. The predicted molar refractivity (Wildman–Crippen MR) is 157 cm³/mol. The van der Waals surface area contributed by atoms with E-state index in [2.05, 4.69) is 32.7 Å². The molecule has 40 heavy (non-hydrogen) atoms. The number of aromatic nitrogens is 3. The molecule has 3 aromatic heterocycles. The Kier molecular flexibility index (Phi) is 8.62. The van der Waals surface area contributed by atoms with Crippen LogP contribution in [-0.2, 0) is 17.8 Å². The maximum absolute atomic E-state index is 13.3. The molecular weight excluding hydrogens is 504 g/mol. The lowest BCUT2D eigenvalue weighted by atomic mass is 9.93. The molecule has 9 heteroatoms. The highest BCUT2D eigenvalue weighted by molar-refractivity contribution is 5.86. The van der Waals surface area contributed by atoms with Crippen LogP contribution in [0.2, 0.25) is 0 Å². The van der Waals surface area contributed by atoms with E-state index in [-0.39, 0.29) is 24.5 Å². The number of carbonyl (C=O) groups excluding carboxylic acids is 1. The lowest BCUT2D eigenvalue weighted by Gasteiger charge is -2.34. The Balaban J connectivity index is 1.24. The van der Waals surface area contributed by atoms with E-state index in [1.807, 2.05) is 29.2 Å². The molecule has 1 aliphatic heterocycles. The Morgan fingerprint density at radius 1 is 1.15 bits per heavy atom. The number of nitrogens with two attached hydrogens (primary N) is 2. The largest absolute Gasteiger partial charge is 0.481 e. The van der Waals surface area contributed by atoms with Crippen LogP contribution in [0.5, 0.6) is 5.88 Å². The molecule has 0 spiro atoms. The number of anilines is 1. The standard InChI is InChI=1S/C31H38N6O3/c1-40-31-26-18-28(37(14-3-15-38)27(26)11-12-34-31)24-4-2-13-36(20-24)30(39)17-25(32)16-21-5-7-22(8-6-21)23-9-10-29(33)35-19-23/h5-12,18-19,24-25,38H,2-4,13-17,20,32H2,1H3,(H2,33,35)/t24-,25-/m1/s1. The van der Waals surface area contributed by atoms with Gasteiger partial charge in [-0.15, -0.1) is 0 Å². The third kappa shape index (κ3) is 6.11. The van der Waals surface area contributed by atoms with Gasteiger partial charge < -0.3 is 30.8 Å². The number of piperidine rings is 1. The Hall–Kier alpha value is -3.95. The summed E-state index contributed by atoms with van der Waals surface area (Å²) in [6.07, 6.45) is 7.04. The first kappa shape index (κ1) is 27.6. The van der Waals surface area contributed by atoms with Gasteiger partial charge in [0.1, 0.15) is 5.82 Å². The van der Waals surface area contributed by atoms with Gasteiger partial charge in [-0.2, -0.15) is 0 Å². The van der Waals surface area contributed by atoms with Crippen molar-refractivity contribution in [3.63, 3.8) is 0 Å². The van der Waals surface area contributed by atoms with Crippen LogP contribution in [0.4, 0.5) is 5.82 Å². The minimum Gasteiger partial charge on any atom is -0.481 e. The number of nitrogen functional groups attached to an aromatic ring is 1. The van der Waals surface area contributed by atoms with E-state index in [1.165, 1.54) is 0 Å². The summed E-state index contributed by atoms with van der Waals surface area (Å²) in [7, 11) is 1.63. The van der Waals surface area contributed by atoms with Crippen LogP contribution in [0.1, 0.15) is 42.9 Å². The van der Waals surface area contributed by atoms with Crippen LogP contribution in [0, 0.1) is 0 Å². The second-order valence-electron chi connectivity index (χ2n) is 10.6. The molecule has 5 N–H and O–H groups in total. The van der Waals surface area contributed by atoms with Gasteiger partial charge in [0.15, 0.2) is 0 Å². The van der Waals surface area contributed by atoms with Gasteiger partial charge >= 0.3 is 0 Å². The van der Waals surface area contributed by atoms with Crippen molar-refractivity contribution in [2.75, 3.05) is 32.5 Å². The summed E-state index contributed by atoms with van der Waals surface area (Å²) >= 11 is 0. The summed E-state index contributed by atoms with van der Waals surface area (Å²) in [4.78, 5) is 23.8. The van der Waals surface area contributed by atoms with Crippen LogP contribution < -0.4 is 16.2 Å². The zero-order valence-corrected chi connectivity index (χ0v) is 23.0. The number of methoxy groups -OCH3 is 1. The molecule has 1 fully saturated rings. The van der Waals surface area contributed by atoms with Gasteiger partial charge in [0, 0.05) is 68.3 Å². The summed E-state index contributed by atoms with van der Waals surface area (Å²) in [6.45, 7) is 2.22. The Labute approximate surface area is 234 Å². The second kappa shape index (κ2) is 12.5. The molecule has 0 radical (unpaired) electrons. The Morgan fingerprint density at radius 2 is 1.95 bits per heavy atom. The monoisotopic (exact) mass is 542 g/mol. The van der Waals surface area contributed by atoms with Crippen LogP contribution >= 0.6 is 0 Å². The molecule has 2 atom stereocenters. The predicted octanol–water partition coefficient (Wildman–Crippen LogP) is 3.74. The van der Waals surface area contributed by atoms with Crippen molar-refractivity contribution in [1.82, 2.24) is 19.4 Å². The average Bonchev–Trinajstić information content (AvgIpc) is 3.35. The zero-order valence-electron chi connectivity index (χ0n) is 23.0.